The number of nitrogens with zero attached hydrogens (tertiary/aromatic N) is 2. The molecule has 19 heavy (non-hydrogen) atoms. The number of nitrogens with two attached hydrogens (primary N) is 1. The predicted molar refractivity (Wildman–Crippen MR) is 75.0 cm³/mol. The molecule has 1 rings (SSSR count). The van der Waals surface area contributed by atoms with Gasteiger partial charge >= 0.3 is 0 Å². The van der Waals surface area contributed by atoms with E-state index in [0.29, 0.717) is 19.5 Å². The number of hydrogen-bond acceptors (Lipinski definition) is 3. The summed E-state index contributed by atoms with van der Waals surface area (Å²) >= 11 is 0. The van der Waals surface area contributed by atoms with Gasteiger partial charge in [0.1, 0.15) is 5.92 Å². The maximum absolute atomic E-state index is 12.4. The predicted octanol–water partition coefficient (Wildman–Crippen LogP) is 1.46. The normalized spacial score (nSPS) is 13.1. The van der Waals surface area contributed by atoms with Crippen LogP contribution in [0.4, 0.5) is 0 Å². The van der Waals surface area contributed by atoms with Crippen LogP contribution in [0.25, 0.3) is 0 Å². The summed E-state index contributed by atoms with van der Waals surface area (Å²) in [5.41, 5.74) is 6.65. The number of carbonyl (C=O) groups is 1. The largest absolute Gasteiger partial charge is 0.409 e. The summed E-state index contributed by atoms with van der Waals surface area (Å²) in [6, 6.07) is 9.57. The summed E-state index contributed by atoms with van der Waals surface area (Å²) in [7, 11) is 0. The minimum atomic E-state index is -0.618. The number of hydrogen-bond donors (Lipinski definition) is 2. The van der Waals surface area contributed by atoms with Crippen LogP contribution in [-0.4, -0.2) is 34.9 Å². The Bertz CT molecular complexity index is 428. The van der Waals surface area contributed by atoms with Gasteiger partial charge in [0.25, 0.3) is 0 Å². The van der Waals surface area contributed by atoms with Gasteiger partial charge in [0.15, 0.2) is 5.84 Å². The molecule has 5 heteroatoms. The van der Waals surface area contributed by atoms with E-state index in [1.54, 1.807) is 4.90 Å². The van der Waals surface area contributed by atoms with Gasteiger partial charge in [0.2, 0.25) is 5.91 Å². The van der Waals surface area contributed by atoms with Crippen LogP contribution in [0.15, 0.2) is 35.5 Å². The van der Waals surface area contributed by atoms with Gasteiger partial charge in [-0.15, -0.1) is 0 Å². The van der Waals surface area contributed by atoms with Crippen molar-refractivity contribution in [1.82, 2.24) is 4.90 Å². The first-order valence-corrected chi connectivity index (χ1v) is 6.44. The lowest BCUT2D eigenvalue weighted by Gasteiger charge is -2.24. The zero-order valence-electron chi connectivity index (χ0n) is 11.4. The third-order valence-corrected chi connectivity index (χ3v) is 3.13. The molecule has 1 atom stereocenters. The number of carbonyl (C=O) groups excluding carboxylic acids is 1. The lowest BCUT2D eigenvalue weighted by molar-refractivity contribution is -0.133. The fourth-order valence-corrected chi connectivity index (χ4v) is 1.99. The zero-order valence-corrected chi connectivity index (χ0v) is 11.4. The second kappa shape index (κ2) is 7.41. The Labute approximate surface area is 113 Å². The molecular formula is C14H21N3O2. The summed E-state index contributed by atoms with van der Waals surface area (Å²) < 4.78 is 0. The molecule has 0 aliphatic rings. The van der Waals surface area contributed by atoms with Gasteiger partial charge in [0, 0.05) is 13.1 Å². The first kappa shape index (κ1) is 15.0. The van der Waals surface area contributed by atoms with Crippen LogP contribution >= 0.6 is 0 Å². The Kier molecular flexibility index (Phi) is 5.85. The molecule has 0 saturated carbocycles. The van der Waals surface area contributed by atoms with E-state index in [2.05, 4.69) is 5.16 Å². The first-order valence-electron chi connectivity index (χ1n) is 6.44. The summed E-state index contributed by atoms with van der Waals surface area (Å²) in [5, 5.41) is 11.9. The van der Waals surface area contributed by atoms with Crippen LogP contribution in [0.5, 0.6) is 0 Å². The molecule has 1 aromatic carbocycles. The van der Waals surface area contributed by atoms with Gasteiger partial charge in [-0.25, -0.2) is 0 Å². The summed E-state index contributed by atoms with van der Waals surface area (Å²) in [6.07, 6.45) is 0.437. The molecule has 5 nitrogen and oxygen atoms in total. The van der Waals surface area contributed by atoms with Crippen LogP contribution in [0.3, 0.4) is 0 Å². The van der Waals surface area contributed by atoms with E-state index in [9.17, 15) is 4.79 Å². The highest BCUT2D eigenvalue weighted by atomic mass is 16.4. The van der Waals surface area contributed by atoms with Crippen molar-refractivity contribution in [3.8, 4) is 0 Å². The standard InChI is InChI=1S/C14H21N3O2/c1-3-17(4-2)14(18)12(13(15)16-19)10-11-8-6-5-7-9-11/h5-9,12,19H,3-4,10H2,1-2H3,(H2,15,16). The molecule has 0 aliphatic heterocycles. The van der Waals surface area contributed by atoms with E-state index in [-0.39, 0.29) is 11.7 Å². The van der Waals surface area contributed by atoms with Crippen molar-refractivity contribution in [1.29, 1.82) is 0 Å². The monoisotopic (exact) mass is 263 g/mol. The Hall–Kier alpha value is -2.04. The average molecular weight is 263 g/mol. The van der Waals surface area contributed by atoms with Crippen molar-refractivity contribution in [2.24, 2.45) is 16.8 Å². The minimum absolute atomic E-state index is 0.0410. The molecule has 0 spiro atoms. The van der Waals surface area contributed by atoms with E-state index in [1.807, 2.05) is 44.2 Å². The minimum Gasteiger partial charge on any atom is -0.409 e. The van der Waals surface area contributed by atoms with Gasteiger partial charge < -0.3 is 15.8 Å². The summed E-state index contributed by atoms with van der Waals surface area (Å²) in [6.45, 7) is 5.04. The molecule has 1 unspecified atom stereocenters. The van der Waals surface area contributed by atoms with Gasteiger partial charge in [-0.2, -0.15) is 0 Å². The number of amides is 1. The molecule has 1 aromatic rings. The van der Waals surface area contributed by atoms with Crippen LogP contribution in [-0.2, 0) is 11.2 Å². The van der Waals surface area contributed by atoms with E-state index in [0.717, 1.165) is 5.56 Å². The van der Waals surface area contributed by atoms with Gasteiger partial charge in [-0.05, 0) is 25.8 Å². The number of rotatable bonds is 6. The quantitative estimate of drug-likeness (QED) is 0.353. The Morgan fingerprint density at radius 3 is 2.37 bits per heavy atom. The van der Waals surface area contributed by atoms with E-state index < -0.39 is 5.92 Å². The highest BCUT2D eigenvalue weighted by molar-refractivity contribution is 6.02. The number of benzene rings is 1. The molecule has 0 bridgehead atoms. The Morgan fingerprint density at radius 2 is 1.89 bits per heavy atom. The molecule has 104 valence electrons. The van der Waals surface area contributed by atoms with Gasteiger partial charge in [0.05, 0.1) is 0 Å². The number of oxime groups is 1. The van der Waals surface area contributed by atoms with E-state index in [4.69, 9.17) is 10.9 Å². The summed E-state index contributed by atoms with van der Waals surface area (Å²) in [4.78, 5) is 14.1. The maximum Gasteiger partial charge on any atom is 0.233 e. The molecule has 1 amide bonds. The fourth-order valence-electron chi connectivity index (χ4n) is 1.99. The summed E-state index contributed by atoms with van der Waals surface area (Å²) in [5.74, 6) is -0.766. The van der Waals surface area contributed by atoms with Crippen molar-refractivity contribution in [2.45, 2.75) is 20.3 Å². The van der Waals surface area contributed by atoms with Crippen LogP contribution in [0.1, 0.15) is 19.4 Å². The highest BCUT2D eigenvalue weighted by Crippen LogP contribution is 2.12. The van der Waals surface area contributed by atoms with Crippen LogP contribution < -0.4 is 5.73 Å². The highest BCUT2D eigenvalue weighted by Gasteiger charge is 2.26. The first-order chi connectivity index (χ1) is 9.13. The molecule has 3 N–H and O–H groups in total. The smallest absolute Gasteiger partial charge is 0.233 e. The van der Waals surface area contributed by atoms with Crippen molar-refractivity contribution in [3.63, 3.8) is 0 Å². The second-order valence-corrected chi connectivity index (χ2v) is 4.28. The van der Waals surface area contributed by atoms with E-state index in [1.165, 1.54) is 0 Å². The zero-order chi connectivity index (χ0) is 14.3. The SMILES string of the molecule is CCN(CC)C(=O)C(Cc1ccccc1)C(N)=NO. The number of amidine groups is 1. The fraction of sp³-hybridized carbons (Fsp3) is 0.429. The molecule has 0 aromatic heterocycles. The molecule has 0 aliphatic carbocycles. The van der Waals surface area contributed by atoms with Crippen molar-refractivity contribution in [2.75, 3.05) is 13.1 Å². The van der Waals surface area contributed by atoms with Crippen LogP contribution in [0, 0.1) is 5.92 Å². The van der Waals surface area contributed by atoms with Gasteiger partial charge in [-0.3, -0.25) is 4.79 Å². The van der Waals surface area contributed by atoms with Crippen molar-refractivity contribution >= 4 is 11.7 Å². The van der Waals surface area contributed by atoms with Gasteiger partial charge in [-0.1, -0.05) is 35.5 Å². The van der Waals surface area contributed by atoms with Crippen molar-refractivity contribution < 1.29 is 10.0 Å². The lowest BCUT2D eigenvalue weighted by atomic mass is 9.96. The molecule has 0 fully saturated rings. The molecule has 0 heterocycles. The Balaban J connectivity index is 2.93. The molecule has 0 radical (unpaired) electrons. The molecular weight excluding hydrogens is 242 g/mol. The topological polar surface area (TPSA) is 78.9 Å². The van der Waals surface area contributed by atoms with E-state index >= 15 is 0 Å². The van der Waals surface area contributed by atoms with Crippen LogP contribution in [0.2, 0.25) is 0 Å². The maximum atomic E-state index is 12.4. The lowest BCUT2D eigenvalue weighted by Crippen LogP contribution is -2.42. The Morgan fingerprint density at radius 1 is 1.32 bits per heavy atom. The second-order valence-electron chi connectivity index (χ2n) is 4.28. The van der Waals surface area contributed by atoms with Crippen molar-refractivity contribution in [3.05, 3.63) is 35.9 Å². The third-order valence-electron chi connectivity index (χ3n) is 3.13. The average Bonchev–Trinajstić information content (AvgIpc) is 2.46. The molecule has 0 saturated heterocycles. The third kappa shape index (κ3) is 3.98.